The molecule has 0 aromatic carbocycles. The lowest BCUT2D eigenvalue weighted by molar-refractivity contribution is -0.153. The van der Waals surface area contributed by atoms with Crippen LogP contribution in [0, 0.1) is 11.8 Å². The standard InChI is InChI=1S/C18H20O6/c1-3-5-10-8-12-11(15(19)23-16(12)20)6-9(4-2)7-13-14(10)18(22)24-17(13)21/h9-10H,3-8H2,1-2H3/t9-,10+/m0/s1. The maximum atomic E-state index is 12.2. The van der Waals surface area contributed by atoms with Gasteiger partial charge in [0, 0.05) is 16.7 Å². The summed E-state index contributed by atoms with van der Waals surface area (Å²) in [7, 11) is 0. The minimum absolute atomic E-state index is 0.0164. The Hall–Kier alpha value is -2.24. The zero-order valence-corrected chi connectivity index (χ0v) is 13.8. The van der Waals surface area contributed by atoms with Gasteiger partial charge >= 0.3 is 23.9 Å². The van der Waals surface area contributed by atoms with Crippen molar-refractivity contribution >= 4 is 23.9 Å². The van der Waals surface area contributed by atoms with Crippen LogP contribution in [0.1, 0.15) is 52.4 Å². The molecule has 0 spiro atoms. The SMILES string of the molecule is CCC[C@@H]1CC2=C(C[C@H](CC)CC3=C1C(=O)OC3=O)C(=O)OC2=O. The van der Waals surface area contributed by atoms with Crippen LogP contribution in [0.3, 0.4) is 0 Å². The van der Waals surface area contributed by atoms with Gasteiger partial charge in [0.25, 0.3) is 0 Å². The molecule has 3 rings (SSSR count). The second kappa shape index (κ2) is 6.34. The summed E-state index contributed by atoms with van der Waals surface area (Å²) in [6.45, 7) is 3.92. The molecule has 0 radical (unpaired) electrons. The van der Waals surface area contributed by atoms with Gasteiger partial charge in [0.2, 0.25) is 0 Å². The van der Waals surface area contributed by atoms with E-state index in [1.165, 1.54) is 0 Å². The Bertz CT molecular complexity index is 696. The molecule has 24 heavy (non-hydrogen) atoms. The van der Waals surface area contributed by atoms with E-state index in [2.05, 4.69) is 0 Å². The minimum atomic E-state index is -0.618. The Morgan fingerprint density at radius 1 is 0.792 bits per heavy atom. The maximum absolute atomic E-state index is 12.2. The zero-order valence-electron chi connectivity index (χ0n) is 13.8. The first-order valence-electron chi connectivity index (χ1n) is 8.44. The summed E-state index contributed by atoms with van der Waals surface area (Å²) in [6.07, 6.45) is 3.14. The summed E-state index contributed by atoms with van der Waals surface area (Å²) in [5.41, 5.74) is 1.58. The number of esters is 4. The normalized spacial score (nSPS) is 27.4. The Morgan fingerprint density at radius 2 is 1.33 bits per heavy atom. The van der Waals surface area contributed by atoms with Crippen LogP contribution in [0.15, 0.2) is 22.3 Å². The van der Waals surface area contributed by atoms with Crippen LogP contribution in [0.5, 0.6) is 0 Å². The first-order chi connectivity index (χ1) is 11.5. The molecule has 0 amide bonds. The van der Waals surface area contributed by atoms with E-state index in [0.29, 0.717) is 41.6 Å². The highest BCUT2D eigenvalue weighted by Gasteiger charge is 2.43. The monoisotopic (exact) mass is 332 g/mol. The molecular formula is C18H20O6. The predicted octanol–water partition coefficient (Wildman–Crippen LogP) is 2.37. The number of ether oxygens (including phenoxy) is 2. The number of carbonyl (C=O) groups excluding carboxylic acids is 4. The van der Waals surface area contributed by atoms with E-state index in [-0.39, 0.29) is 18.3 Å². The lowest BCUT2D eigenvalue weighted by Crippen LogP contribution is -2.15. The number of cyclic esters (lactones) is 4. The van der Waals surface area contributed by atoms with E-state index in [1.54, 1.807) is 0 Å². The molecule has 0 bridgehead atoms. The molecule has 0 aromatic heterocycles. The van der Waals surface area contributed by atoms with Gasteiger partial charge in [-0.05, 0) is 37.5 Å². The van der Waals surface area contributed by atoms with Gasteiger partial charge in [-0.25, -0.2) is 19.2 Å². The predicted molar refractivity (Wildman–Crippen MR) is 82.3 cm³/mol. The second-order valence-electron chi connectivity index (χ2n) is 6.58. The Balaban J connectivity index is 2.10. The van der Waals surface area contributed by atoms with Gasteiger partial charge in [0.1, 0.15) is 0 Å². The maximum Gasteiger partial charge on any atom is 0.342 e. The summed E-state index contributed by atoms with van der Waals surface area (Å²) in [4.78, 5) is 48.4. The van der Waals surface area contributed by atoms with Gasteiger partial charge in [0.15, 0.2) is 0 Å². The molecule has 3 aliphatic rings. The molecule has 0 saturated heterocycles. The van der Waals surface area contributed by atoms with Crippen molar-refractivity contribution in [3.63, 3.8) is 0 Å². The van der Waals surface area contributed by atoms with Crippen LogP contribution in [-0.2, 0) is 28.7 Å². The fourth-order valence-electron chi connectivity index (χ4n) is 3.79. The van der Waals surface area contributed by atoms with E-state index in [9.17, 15) is 19.2 Å². The molecule has 0 aromatic rings. The van der Waals surface area contributed by atoms with Crippen LogP contribution in [-0.4, -0.2) is 23.9 Å². The molecule has 2 heterocycles. The summed E-state index contributed by atoms with van der Waals surface area (Å²) >= 11 is 0. The Kier molecular flexibility index (Phi) is 4.39. The van der Waals surface area contributed by atoms with E-state index < -0.39 is 23.9 Å². The molecule has 0 fully saturated rings. The van der Waals surface area contributed by atoms with Gasteiger partial charge in [-0.2, -0.15) is 0 Å². The molecule has 0 unspecified atom stereocenters. The molecule has 128 valence electrons. The highest BCUT2D eigenvalue weighted by Crippen LogP contribution is 2.41. The lowest BCUT2D eigenvalue weighted by Gasteiger charge is -2.16. The van der Waals surface area contributed by atoms with E-state index >= 15 is 0 Å². The van der Waals surface area contributed by atoms with E-state index in [1.807, 2.05) is 13.8 Å². The number of carbonyl (C=O) groups is 4. The highest BCUT2D eigenvalue weighted by molar-refractivity contribution is 6.14. The molecule has 6 nitrogen and oxygen atoms in total. The van der Waals surface area contributed by atoms with Crippen molar-refractivity contribution in [2.24, 2.45) is 11.8 Å². The van der Waals surface area contributed by atoms with Crippen LogP contribution in [0.4, 0.5) is 0 Å². The number of rotatable bonds is 3. The molecular weight excluding hydrogens is 312 g/mol. The highest BCUT2D eigenvalue weighted by atomic mass is 16.6. The molecule has 1 aliphatic carbocycles. The van der Waals surface area contributed by atoms with Crippen molar-refractivity contribution in [3.8, 4) is 0 Å². The van der Waals surface area contributed by atoms with Gasteiger partial charge in [-0.1, -0.05) is 26.7 Å². The van der Waals surface area contributed by atoms with Crippen molar-refractivity contribution in [2.45, 2.75) is 52.4 Å². The summed E-state index contributed by atoms with van der Waals surface area (Å²) in [6, 6.07) is 0. The van der Waals surface area contributed by atoms with E-state index in [0.717, 1.165) is 12.8 Å². The second-order valence-corrected chi connectivity index (χ2v) is 6.58. The van der Waals surface area contributed by atoms with Gasteiger partial charge in [0.05, 0.1) is 5.57 Å². The Morgan fingerprint density at radius 3 is 1.96 bits per heavy atom. The van der Waals surface area contributed by atoms with Crippen LogP contribution < -0.4 is 0 Å². The van der Waals surface area contributed by atoms with Crippen molar-refractivity contribution < 1.29 is 28.7 Å². The fraction of sp³-hybridized carbons (Fsp3) is 0.556. The fourth-order valence-corrected chi connectivity index (χ4v) is 3.79. The first-order valence-corrected chi connectivity index (χ1v) is 8.44. The van der Waals surface area contributed by atoms with E-state index in [4.69, 9.17) is 9.47 Å². The van der Waals surface area contributed by atoms with Gasteiger partial charge < -0.3 is 9.47 Å². The number of hydrogen-bond acceptors (Lipinski definition) is 6. The van der Waals surface area contributed by atoms with Gasteiger partial charge in [-0.15, -0.1) is 0 Å². The third kappa shape index (κ3) is 2.70. The van der Waals surface area contributed by atoms with Crippen molar-refractivity contribution in [3.05, 3.63) is 22.3 Å². The molecule has 2 aliphatic heterocycles. The Labute approximate surface area is 139 Å². The van der Waals surface area contributed by atoms with Crippen LogP contribution in [0.25, 0.3) is 0 Å². The number of hydrogen-bond donors (Lipinski definition) is 0. The smallest absolute Gasteiger partial charge is 0.342 e. The molecule has 6 heteroatoms. The summed E-state index contributed by atoms with van der Waals surface area (Å²) < 4.78 is 9.63. The summed E-state index contributed by atoms with van der Waals surface area (Å²) in [5.74, 6) is -2.71. The van der Waals surface area contributed by atoms with Crippen molar-refractivity contribution in [1.82, 2.24) is 0 Å². The zero-order chi connectivity index (χ0) is 17.4. The largest absolute Gasteiger partial charge is 0.386 e. The third-order valence-electron chi connectivity index (χ3n) is 5.08. The molecule has 0 saturated carbocycles. The minimum Gasteiger partial charge on any atom is -0.386 e. The van der Waals surface area contributed by atoms with Crippen LogP contribution >= 0.6 is 0 Å². The molecule has 2 atom stereocenters. The molecule has 0 N–H and O–H groups in total. The first kappa shape index (κ1) is 16.6. The van der Waals surface area contributed by atoms with Gasteiger partial charge in [-0.3, -0.25) is 0 Å². The quantitative estimate of drug-likeness (QED) is 0.582. The topological polar surface area (TPSA) is 86.7 Å². The van der Waals surface area contributed by atoms with Crippen molar-refractivity contribution in [1.29, 1.82) is 0 Å². The van der Waals surface area contributed by atoms with Crippen LogP contribution in [0.2, 0.25) is 0 Å². The van der Waals surface area contributed by atoms with Crippen molar-refractivity contribution in [2.75, 3.05) is 0 Å². The lowest BCUT2D eigenvalue weighted by atomic mass is 9.85. The summed E-state index contributed by atoms with van der Waals surface area (Å²) in [5, 5.41) is 0. The third-order valence-corrected chi connectivity index (χ3v) is 5.08. The average Bonchev–Trinajstić information content (AvgIpc) is 2.97. The average molecular weight is 332 g/mol.